The van der Waals surface area contributed by atoms with Gasteiger partial charge in [-0.2, -0.15) is 0 Å². The van der Waals surface area contributed by atoms with Crippen LogP contribution in [0.5, 0.6) is 5.75 Å². The Morgan fingerprint density at radius 2 is 2.09 bits per heavy atom. The van der Waals surface area contributed by atoms with Gasteiger partial charge in [0.05, 0.1) is 12.6 Å². The summed E-state index contributed by atoms with van der Waals surface area (Å²) in [6, 6.07) is 10.9. The Morgan fingerprint density at radius 3 is 2.86 bits per heavy atom. The fourth-order valence-electron chi connectivity index (χ4n) is 2.45. The van der Waals surface area contributed by atoms with E-state index in [9.17, 15) is 4.39 Å². The molecule has 0 aliphatic rings. The molecule has 0 atom stereocenters. The van der Waals surface area contributed by atoms with E-state index in [4.69, 9.17) is 4.74 Å². The first-order valence-electron chi connectivity index (χ1n) is 6.98. The van der Waals surface area contributed by atoms with E-state index >= 15 is 0 Å². The summed E-state index contributed by atoms with van der Waals surface area (Å²) in [6.07, 6.45) is 1.96. The van der Waals surface area contributed by atoms with E-state index < -0.39 is 0 Å². The molecule has 0 spiro atoms. The summed E-state index contributed by atoms with van der Waals surface area (Å²) in [5, 5.41) is 4.18. The predicted molar refractivity (Wildman–Crippen MR) is 88.1 cm³/mol. The van der Waals surface area contributed by atoms with Crippen molar-refractivity contribution in [2.75, 3.05) is 14.2 Å². The number of aromatic amines is 1. The van der Waals surface area contributed by atoms with Crippen molar-refractivity contribution in [2.24, 2.45) is 0 Å². The second-order valence-corrected chi connectivity index (χ2v) is 6.00. The van der Waals surface area contributed by atoms with Crippen LogP contribution >= 0.6 is 11.8 Å². The molecule has 0 aliphatic heterocycles. The number of para-hydroxylation sites is 1. The lowest BCUT2D eigenvalue weighted by Crippen LogP contribution is -2.06. The number of halogens is 1. The Balaban J connectivity index is 2.00. The van der Waals surface area contributed by atoms with Crippen LogP contribution in [0.1, 0.15) is 5.56 Å². The number of benzene rings is 2. The Kier molecular flexibility index (Phi) is 4.36. The highest BCUT2D eigenvalue weighted by molar-refractivity contribution is 7.99. The zero-order chi connectivity index (χ0) is 15.5. The number of nitrogens with one attached hydrogen (secondary N) is 2. The molecule has 3 aromatic rings. The number of rotatable bonds is 5. The average Bonchev–Trinajstić information content (AvgIpc) is 2.93. The fourth-order valence-corrected chi connectivity index (χ4v) is 3.48. The smallest absolute Gasteiger partial charge is 0.142 e. The molecule has 22 heavy (non-hydrogen) atoms. The monoisotopic (exact) mass is 316 g/mol. The van der Waals surface area contributed by atoms with Crippen LogP contribution < -0.4 is 10.1 Å². The molecule has 2 aromatic carbocycles. The van der Waals surface area contributed by atoms with E-state index in [0.717, 1.165) is 32.0 Å². The third kappa shape index (κ3) is 2.82. The van der Waals surface area contributed by atoms with Gasteiger partial charge in [0.25, 0.3) is 0 Å². The third-order valence-electron chi connectivity index (χ3n) is 3.47. The first-order valence-corrected chi connectivity index (χ1v) is 7.79. The molecule has 0 saturated heterocycles. The van der Waals surface area contributed by atoms with E-state index in [1.807, 2.05) is 31.4 Å². The molecule has 3 rings (SSSR count). The van der Waals surface area contributed by atoms with Crippen molar-refractivity contribution in [3.63, 3.8) is 0 Å². The highest BCUT2D eigenvalue weighted by atomic mass is 32.2. The SMILES string of the molecule is CNCc1cc(F)ccc1Sc1c[nH]c2c(OC)cccc12. The van der Waals surface area contributed by atoms with Crippen molar-refractivity contribution in [3.8, 4) is 5.75 Å². The number of hydrogen-bond acceptors (Lipinski definition) is 3. The summed E-state index contributed by atoms with van der Waals surface area (Å²) in [6.45, 7) is 0.631. The second kappa shape index (κ2) is 6.42. The lowest BCUT2D eigenvalue weighted by Gasteiger charge is -2.08. The number of methoxy groups -OCH3 is 1. The molecule has 0 aliphatic carbocycles. The summed E-state index contributed by atoms with van der Waals surface area (Å²) in [4.78, 5) is 5.39. The maximum absolute atomic E-state index is 13.4. The van der Waals surface area contributed by atoms with Crippen LogP contribution in [0.15, 0.2) is 52.4 Å². The maximum atomic E-state index is 13.4. The molecule has 1 aromatic heterocycles. The Labute approximate surface area is 132 Å². The standard InChI is InChI=1S/C17H17FN2OS/c1-19-9-11-8-12(18)6-7-15(11)22-16-10-20-17-13(16)4-3-5-14(17)21-2/h3-8,10,19-20H,9H2,1-2H3. The number of hydrogen-bond donors (Lipinski definition) is 2. The van der Waals surface area contributed by atoms with Gasteiger partial charge in [0.2, 0.25) is 0 Å². The maximum Gasteiger partial charge on any atom is 0.142 e. The first kappa shape index (κ1) is 14.9. The molecular formula is C17H17FN2OS. The quantitative estimate of drug-likeness (QED) is 0.741. The highest BCUT2D eigenvalue weighted by Crippen LogP contribution is 2.38. The molecule has 5 heteroatoms. The minimum atomic E-state index is -0.213. The molecule has 0 amide bonds. The zero-order valence-electron chi connectivity index (χ0n) is 12.4. The van der Waals surface area contributed by atoms with Crippen LogP contribution in [0.3, 0.4) is 0 Å². The molecule has 114 valence electrons. The Hall–Kier alpha value is -1.98. The molecular weight excluding hydrogens is 299 g/mol. The molecule has 3 nitrogen and oxygen atoms in total. The number of ether oxygens (including phenoxy) is 1. The van der Waals surface area contributed by atoms with Gasteiger partial charge in [-0.1, -0.05) is 23.9 Å². The summed E-state index contributed by atoms with van der Waals surface area (Å²) < 4.78 is 18.8. The van der Waals surface area contributed by atoms with E-state index in [1.54, 1.807) is 24.9 Å². The summed E-state index contributed by atoms with van der Waals surface area (Å²) in [5.74, 6) is 0.606. The van der Waals surface area contributed by atoms with E-state index in [2.05, 4.69) is 16.4 Å². The van der Waals surface area contributed by atoms with Crippen molar-refractivity contribution in [2.45, 2.75) is 16.3 Å². The Morgan fingerprint density at radius 1 is 1.23 bits per heavy atom. The van der Waals surface area contributed by atoms with Crippen molar-refractivity contribution in [1.29, 1.82) is 0 Å². The first-order chi connectivity index (χ1) is 10.7. The van der Waals surface area contributed by atoms with Crippen molar-refractivity contribution in [3.05, 3.63) is 54.0 Å². The largest absolute Gasteiger partial charge is 0.495 e. The average molecular weight is 316 g/mol. The minimum Gasteiger partial charge on any atom is -0.495 e. The molecule has 0 unspecified atom stereocenters. The summed E-state index contributed by atoms with van der Waals surface area (Å²) in [7, 11) is 3.52. The molecule has 2 N–H and O–H groups in total. The zero-order valence-corrected chi connectivity index (χ0v) is 13.3. The van der Waals surface area contributed by atoms with Crippen LogP contribution in [0, 0.1) is 5.82 Å². The van der Waals surface area contributed by atoms with Crippen molar-refractivity contribution >= 4 is 22.7 Å². The predicted octanol–water partition coefficient (Wildman–Crippen LogP) is 4.19. The van der Waals surface area contributed by atoms with Crippen molar-refractivity contribution < 1.29 is 9.13 Å². The van der Waals surface area contributed by atoms with Gasteiger partial charge < -0.3 is 15.0 Å². The van der Waals surface area contributed by atoms with Gasteiger partial charge in [0, 0.05) is 27.9 Å². The van der Waals surface area contributed by atoms with Crippen LogP contribution in [0.25, 0.3) is 10.9 Å². The summed E-state index contributed by atoms with van der Waals surface area (Å²) in [5.41, 5.74) is 1.93. The number of H-pyrrole nitrogens is 1. The van der Waals surface area contributed by atoms with Gasteiger partial charge >= 0.3 is 0 Å². The van der Waals surface area contributed by atoms with Crippen LogP contribution in [0.2, 0.25) is 0 Å². The van der Waals surface area contributed by atoms with Gasteiger partial charge in [0.15, 0.2) is 0 Å². The third-order valence-corrected chi connectivity index (χ3v) is 4.64. The second-order valence-electron chi connectivity index (χ2n) is 4.92. The highest BCUT2D eigenvalue weighted by Gasteiger charge is 2.11. The van der Waals surface area contributed by atoms with Gasteiger partial charge in [-0.25, -0.2) is 4.39 Å². The number of fused-ring (bicyclic) bond motifs is 1. The van der Waals surface area contributed by atoms with Gasteiger partial charge in [-0.15, -0.1) is 0 Å². The molecule has 0 bridgehead atoms. The molecule has 1 heterocycles. The van der Waals surface area contributed by atoms with Crippen LogP contribution in [-0.4, -0.2) is 19.1 Å². The van der Waals surface area contributed by atoms with Gasteiger partial charge in [0.1, 0.15) is 11.6 Å². The normalized spacial score (nSPS) is 11.0. The van der Waals surface area contributed by atoms with E-state index in [0.29, 0.717) is 6.54 Å². The van der Waals surface area contributed by atoms with Crippen molar-refractivity contribution in [1.82, 2.24) is 10.3 Å². The lowest BCUT2D eigenvalue weighted by atomic mass is 10.2. The van der Waals surface area contributed by atoms with Gasteiger partial charge in [-0.3, -0.25) is 0 Å². The van der Waals surface area contributed by atoms with E-state index in [1.165, 1.54) is 6.07 Å². The lowest BCUT2D eigenvalue weighted by molar-refractivity contribution is 0.419. The fraction of sp³-hybridized carbons (Fsp3) is 0.176. The van der Waals surface area contributed by atoms with Gasteiger partial charge in [-0.05, 0) is 36.9 Å². The molecule has 0 saturated carbocycles. The Bertz CT molecular complexity index is 800. The molecule has 0 radical (unpaired) electrons. The minimum absolute atomic E-state index is 0.213. The van der Waals surface area contributed by atoms with Crippen LogP contribution in [-0.2, 0) is 6.54 Å². The van der Waals surface area contributed by atoms with Crippen LogP contribution in [0.4, 0.5) is 4.39 Å². The molecule has 0 fully saturated rings. The number of aromatic nitrogens is 1. The summed E-state index contributed by atoms with van der Waals surface area (Å²) >= 11 is 1.62. The van der Waals surface area contributed by atoms with E-state index in [-0.39, 0.29) is 5.82 Å². The topological polar surface area (TPSA) is 37.0 Å².